The molecule has 1 aromatic rings. The minimum atomic E-state index is -0.541. The lowest BCUT2D eigenvalue weighted by Gasteiger charge is -2.17. The molecule has 0 heterocycles. The fourth-order valence-corrected chi connectivity index (χ4v) is 1.46. The first-order valence-corrected chi connectivity index (χ1v) is 5.29. The molecule has 2 unspecified atom stereocenters. The zero-order valence-corrected chi connectivity index (χ0v) is 9.61. The molecule has 16 heavy (non-hydrogen) atoms. The van der Waals surface area contributed by atoms with Crippen LogP contribution >= 0.6 is 0 Å². The summed E-state index contributed by atoms with van der Waals surface area (Å²) >= 11 is 0. The Morgan fingerprint density at radius 1 is 1.50 bits per heavy atom. The minimum absolute atomic E-state index is 0.00204. The van der Waals surface area contributed by atoms with Gasteiger partial charge < -0.3 is 15.2 Å². The van der Waals surface area contributed by atoms with Gasteiger partial charge in [0.05, 0.1) is 12.7 Å². The Kier molecular flexibility index (Phi) is 5.38. The van der Waals surface area contributed by atoms with E-state index >= 15 is 0 Å². The minimum Gasteiger partial charge on any atom is -0.389 e. The molecule has 0 amide bonds. The van der Waals surface area contributed by atoms with Crippen LogP contribution in [-0.2, 0) is 4.74 Å². The number of aliphatic hydroxyl groups is 1. The maximum absolute atomic E-state index is 12.9. The van der Waals surface area contributed by atoms with Crippen LogP contribution in [0.25, 0.3) is 0 Å². The summed E-state index contributed by atoms with van der Waals surface area (Å²) in [4.78, 5) is 0. The topological polar surface area (TPSA) is 41.5 Å². The van der Waals surface area contributed by atoms with Gasteiger partial charge in [-0.25, -0.2) is 4.39 Å². The van der Waals surface area contributed by atoms with Crippen molar-refractivity contribution in [2.24, 2.45) is 0 Å². The van der Waals surface area contributed by atoms with E-state index in [1.807, 2.05) is 13.0 Å². The quantitative estimate of drug-likeness (QED) is 0.773. The monoisotopic (exact) mass is 227 g/mol. The SMILES string of the molecule is COCC(O)CNC(C)c1cccc(F)c1. The number of methoxy groups -OCH3 is 1. The lowest BCUT2D eigenvalue weighted by atomic mass is 10.1. The molecule has 0 spiro atoms. The zero-order chi connectivity index (χ0) is 12.0. The van der Waals surface area contributed by atoms with Gasteiger partial charge >= 0.3 is 0 Å². The van der Waals surface area contributed by atoms with Crippen molar-refractivity contribution in [1.82, 2.24) is 5.32 Å². The number of hydrogen-bond donors (Lipinski definition) is 2. The van der Waals surface area contributed by atoms with Crippen molar-refractivity contribution in [2.75, 3.05) is 20.3 Å². The summed E-state index contributed by atoms with van der Waals surface area (Å²) < 4.78 is 17.8. The lowest BCUT2D eigenvalue weighted by molar-refractivity contribution is 0.0630. The molecule has 90 valence electrons. The van der Waals surface area contributed by atoms with Gasteiger partial charge in [0.1, 0.15) is 5.82 Å². The number of aliphatic hydroxyl groups excluding tert-OH is 1. The molecule has 0 fully saturated rings. The Hall–Kier alpha value is -0.970. The molecule has 4 heteroatoms. The second-order valence-corrected chi connectivity index (χ2v) is 3.79. The van der Waals surface area contributed by atoms with E-state index in [0.717, 1.165) is 5.56 Å². The van der Waals surface area contributed by atoms with Crippen LogP contribution in [0.5, 0.6) is 0 Å². The van der Waals surface area contributed by atoms with Gasteiger partial charge in [-0.05, 0) is 24.6 Å². The van der Waals surface area contributed by atoms with Gasteiger partial charge in [-0.15, -0.1) is 0 Å². The second-order valence-electron chi connectivity index (χ2n) is 3.79. The number of rotatable bonds is 6. The van der Waals surface area contributed by atoms with Crippen molar-refractivity contribution in [1.29, 1.82) is 0 Å². The van der Waals surface area contributed by atoms with Gasteiger partial charge in [-0.2, -0.15) is 0 Å². The Balaban J connectivity index is 2.43. The van der Waals surface area contributed by atoms with Crippen LogP contribution in [0, 0.1) is 5.82 Å². The smallest absolute Gasteiger partial charge is 0.123 e. The summed E-state index contributed by atoms with van der Waals surface area (Å²) in [6.45, 7) is 2.64. The molecule has 0 aliphatic carbocycles. The van der Waals surface area contributed by atoms with E-state index in [4.69, 9.17) is 4.74 Å². The predicted octanol–water partition coefficient (Wildman–Crippen LogP) is 1.48. The second kappa shape index (κ2) is 6.58. The van der Waals surface area contributed by atoms with E-state index in [1.54, 1.807) is 13.2 Å². The summed E-state index contributed by atoms with van der Waals surface area (Å²) in [7, 11) is 1.54. The molecule has 3 nitrogen and oxygen atoms in total. The molecule has 1 rings (SSSR count). The molecule has 2 N–H and O–H groups in total. The molecule has 2 atom stereocenters. The average molecular weight is 227 g/mol. The molecule has 0 radical (unpaired) electrons. The third kappa shape index (κ3) is 4.26. The molecule has 0 aromatic heterocycles. The summed E-state index contributed by atoms with van der Waals surface area (Å²) in [6.07, 6.45) is -0.541. The van der Waals surface area contributed by atoms with Gasteiger partial charge in [-0.3, -0.25) is 0 Å². The van der Waals surface area contributed by atoms with Crippen molar-refractivity contribution in [3.05, 3.63) is 35.6 Å². The van der Waals surface area contributed by atoms with E-state index in [-0.39, 0.29) is 11.9 Å². The molecular formula is C12H18FNO2. The molecule has 1 aromatic carbocycles. The molecule has 0 aliphatic heterocycles. The molecule has 0 bridgehead atoms. The highest BCUT2D eigenvalue weighted by atomic mass is 19.1. The van der Waals surface area contributed by atoms with E-state index in [0.29, 0.717) is 13.2 Å². The molecular weight excluding hydrogens is 209 g/mol. The first kappa shape index (κ1) is 13.1. The van der Waals surface area contributed by atoms with E-state index in [1.165, 1.54) is 12.1 Å². The first-order chi connectivity index (χ1) is 7.63. The third-order valence-corrected chi connectivity index (χ3v) is 2.37. The highest BCUT2D eigenvalue weighted by Crippen LogP contribution is 2.13. The summed E-state index contributed by atoms with van der Waals surface area (Å²) in [6, 6.07) is 6.43. The van der Waals surface area contributed by atoms with Crippen molar-refractivity contribution < 1.29 is 14.2 Å². The Morgan fingerprint density at radius 2 is 2.25 bits per heavy atom. The Morgan fingerprint density at radius 3 is 2.88 bits per heavy atom. The van der Waals surface area contributed by atoms with Crippen LogP contribution in [0.4, 0.5) is 4.39 Å². The van der Waals surface area contributed by atoms with Crippen molar-refractivity contribution in [3.8, 4) is 0 Å². The summed E-state index contributed by atoms with van der Waals surface area (Å²) in [5.74, 6) is -0.247. The van der Waals surface area contributed by atoms with Gasteiger partial charge in [0.25, 0.3) is 0 Å². The molecule has 0 aliphatic rings. The summed E-state index contributed by atoms with van der Waals surface area (Å²) in [5.41, 5.74) is 0.865. The number of benzene rings is 1. The van der Waals surface area contributed by atoms with Gasteiger partial charge in [0.2, 0.25) is 0 Å². The fraction of sp³-hybridized carbons (Fsp3) is 0.500. The maximum atomic E-state index is 12.9. The van der Waals surface area contributed by atoms with Crippen molar-refractivity contribution in [2.45, 2.75) is 19.1 Å². The van der Waals surface area contributed by atoms with Crippen LogP contribution in [0.15, 0.2) is 24.3 Å². The van der Waals surface area contributed by atoms with Crippen molar-refractivity contribution >= 4 is 0 Å². The highest BCUT2D eigenvalue weighted by molar-refractivity contribution is 5.19. The first-order valence-electron chi connectivity index (χ1n) is 5.29. The zero-order valence-electron chi connectivity index (χ0n) is 9.61. The predicted molar refractivity (Wildman–Crippen MR) is 60.7 cm³/mol. The van der Waals surface area contributed by atoms with Crippen LogP contribution in [0.2, 0.25) is 0 Å². The van der Waals surface area contributed by atoms with Gasteiger partial charge in [0.15, 0.2) is 0 Å². The van der Waals surface area contributed by atoms with Gasteiger partial charge in [-0.1, -0.05) is 12.1 Å². The van der Waals surface area contributed by atoms with Crippen molar-refractivity contribution in [3.63, 3.8) is 0 Å². The highest BCUT2D eigenvalue weighted by Gasteiger charge is 2.08. The van der Waals surface area contributed by atoms with Gasteiger partial charge in [0, 0.05) is 19.7 Å². The Labute approximate surface area is 95.2 Å². The number of nitrogens with one attached hydrogen (secondary N) is 1. The van der Waals surface area contributed by atoms with E-state index < -0.39 is 6.10 Å². The fourth-order valence-electron chi connectivity index (χ4n) is 1.46. The van der Waals surface area contributed by atoms with Crippen LogP contribution in [0.3, 0.4) is 0 Å². The normalized spacial score (nSPS) is 14.8. The lowest BCUT2D eigenvalue weighted by Crippen LogP contribution is -2.31. The van der Waals surface area contributed by atoms with Crippen LogP contribution in [-0.4, -0.2) is 31.5 Å². The number of hydrogen-bond acceptors (Lipinski definition) is 3. The van der Waals surface area contributed by atoms with Crippen LogP contribution < -0.4 is 5.32 Å². The molecule has 0 saturated carbocycles. The maximum Gasteiger partial charge on any atom is 0.123 e. The third-order valence-electron chi connectivity index (χ3n) is 2.37. The average Bonchev–Trinajstić information content (AvgIpc) is 2.26. The standard InChI is InChI=1S/C12H18FNO2/c1-9(14-7-12(15)8-16-2)10-4-3-5-11(13)6-10/h3-6,9,12,14-15H,7-8H2,1-2H3. The summed E-state index contributed by atoms with van der Waals surface area (Å²) in [5, 5.41) is 12.6. The number of halogens is 1. The largest absolute Gasteiger partial charge is 0.389 e. The van der Waals surface area contributed by atoms with E-state index in [2.05, 4.69) is 5.32 Å². The van der Waals surface area contributed by atoms with Crippen LogP contribution in [0.1, 0.15) is 18.5 Å². The Bertz CT molecular complexity index is 320. The van der Waals surface area contributed by atoms with E-state index in [9.17, 15) is 9.50 Å². The molecule has 0 saturated heterocycles. The number of ether oxygens (including phenoxy) is 1.